The molecular weight excluding hydrogens is 186 g/mol. The van der Waals surface area contributed by atoms with Gasteiger partial charge in [0.25, 0.3) is 0 Å². The number of unbranched alkanes of at least 4 members (excludes halogenated alkanes) is 2. The summed E-state index contributed by atoms with van der Waals surface area (Å²) >= 11 is 0. The Morgan fingerprint density at radius 3 is 3.00 bits per heavy atom. The van der Waals surface area contributed by atoms with Gasteiger partial charge in [0.05, 0.1) is 5.60 Å². The first kappa shape index (κ1) is 11.4. The number of nitrogens with zero attached hydrogens (tertiary/aromatic N) is 1. The quantitative estimate of drug-likeness (QED) is 0.722. The summed E-state index contributed by atoms with van der Waals surface area (Å²) in [4.78, 5) is 2.58. The van der Waals surface area contributed by atoms with Crippen molar-refractivity contribution in [2.75, 3.05) is 13.1 Å². The second kappa shape index (κ2) is 4.84. The van der Waals surface area contributed by atoms with E-state index in [0.29, 0.717) is 6.04 Å². The summed E-state index contributed by atoms with van der Waals surface area (Å²) in [5, 5.41) is 10.5. The van der Waals surface area contributed by atoms with Crippen LogP contribution in [-0.4, -0.2) is 34.7 Å². The molecule has 2 fully saturated rings. The van der Waals surface area contributed by atoms with Gasteiger partial charge in [-0.3, -0.25) is 0 Å². The van der Waals surface area contributed by atoms with Crippen LogP contribution in [0.15, 0.2) is 0 Å². The molecule has 2 nitrogen and oxygen atoms in total. The molecule has 88 valence electrons. The summed E-state index contributed by atoms with van der Waals surface area (Å²) in [6, 6.07) is 0.699. The molecule has 0 saturated carbocycles. The molecule has 2 heteroatoms. The van der Waals surface area contributed by atoms with Gasteiger partial charge in [-0.15, -0.1) is 0 Å². The highest BCUT2D eigenvalue weighted by Crippen LogP contribution is 2.35. The van der Waals surface area contributed by atoms with Gasteiger partial charge < -0.3 is 10.0 Å². The van der Waals surface area contributed by atoms with Crippen molar-refractivity contribution in [2.45, 2.75) is 69.9 Å². The van der Waals surface area contributed by atoms with Crippen LogP contribution < -0.4 is 0 Å². The molecule has 0 aromatic rings. The molecule has 15 heavy (non-hydrogen) atoms. The van der Waals surface area contributed by atoms with Crippen LogP contribution in [0.1, 0.15) is 58.3 Å². The fraction of sp³-hybridized carbons (Fsp3) is 1.00. The molecule has 0 spiro atoms. The van der Waals surface area contributed by atoms with Crippen molar-refractivity contribution < 1.29 is 5.11 Å². The van der Waals surface area contributed by atoms with E-state index in [4.69, 9.17) is 0 Å². The lowest BCUT2D eigenvalue weighted by atomic mass is 9.82. The predicted octanol–water partition coefficient (Wildman–Crippen LogP) is 2.56. The average molecular weight is 211 g/mol. The molecule has 0 aromatic carbocycles. The highest BCUT2D eigenvalue weighted by Gasteiger charge is 2.39. The SMILES string of the molecule is CCCCCC1(O)CCN2CCCC2C1. The van der Waals surface area contributed by atoms with E-state index in [1.165, 1.54) is 38.6 Å². The van der Waals surface area contributed by atoms with Crippen molar-refractivity contribution in [3.05, 3.63) is 0 Å². The molecule has 2 heterocycles. The Balaban J connectivity index is 1.81. The molecule has 0 aromatic heterocycles. The fourth-order valence-corrected chi connectivity index (χ4v) is 3.24. The lowest BCUT2D eigenvalue weighted by molar-refractivity contribution is -0.0434. The van der Waals surface area contributed by atoms with Crippen LogP contribution in [0, 0.1) is 0 Å². The number of hydrogen-bond donors (Lipinski definition) is 1. The molecule has 2 unspecified atom stereocenters. The Hall–Kier alpha value is -0.0800. The van der Waals surface area contributed by atoms with E-state index in [-0.39, 0.29) is 5.60 Å². The minimum absolute atomic E-state index is 0.319. The molecule has 1 N–H and O–H groups in total. The van der Waals surface area contributed by atoms with Gasteiger partial charge >= 0.3 is 0 Å². The van der Waals surface area contributed by atoms with Crippen molar-refractivity contribution in [1.29, 1.82) is 0 Å². The van der Waals surface area contributed by atoms with Crippen LogP contribution in [0.5, 0.6) is 0 Å². The Bertz CT molecular complexity index is 207. The van der Waals surface area contributed by atoms with Crippen molar-refractivity contribution >= 4 is 0 Å². The lowest BCUT2D eigenvalue weighted by Gasteiger charge is -2.41. The Labute approximate surface area is 93.7 Å². The Kier molecular flexibility index (Phi) is 3.68. The zero-order valence-electron chi connectivity index (χ0n) is 10.0. The van der Waals surface area contributed by atoms with Gasteiger partial charge in [-0.2, -0.15) is 0 Å². The zero-order chi connectivity index (χ0) is 10.7. The maximum Gasteiger partial charge on any atom is 0.0674 e. The molecule has 2 saturated heterocycles. The van der Waals surface area contributed by atoms with Crippen molar-refractivity contribution in [3.8, 4) is 0 Å². The summed E-state index contributed by atoms with van der Waals surface area (Å²) < 4.78 is 0. The number of fused-ring (bicyclic) bond motifs is 1. The van der Waals surface area contributed by atoms with E-state index in [1.54, 1.807) is 0 Å². The molecule has 2 aliphatic heterocycles. The Morgan fingerprint density at radius 1 is 1.33 bits per heavy atom. The monoisotopic (exact) mass is 211 g/mol. The first-order valence-corrected chi connectivity index (χ1v) is 6.70. The van der Waals surface area contributed by atoms with Crippen LogP contribution in [-0.2, 0) is 0 Å². The van der Waals surface area contributed by atoms with Gasteiger partial charge in [-0.05, 0) is 38.6 Å². The van der Waals surface area contributed by atoms with Crippen LogP contribution in [0.25, 0.3) is 0 Å². The highest BCUT2D eigenvalue weighted by atomic mass is 16.3. The standard InChI is InChI=1S/C13H25NO/c1-2-3-4-7-13(15)8-10-14-9-5-6-12(14)11-13/h12,15H,2-11H2,1H3. The summed E-state index contributed by atoms with van der Waals surface area (Å²) in [5.41, 5.74) is -0.319. The molecule has 2 rings (SSSR count). The topological polar surface area (TPSA) is 23.5 Å². The average Bonchev–Trinajstić information content (AvgIpc) is 2.64. The van der Waals surface area contributed by atoms with Crippen LogP contribution in [0.2, 0.25) is 0 Å². The second-order valence-electron chi connectivity index (χ2n) is 5.47. The minimum Gasteiger partial charge on any atom is -0.390 e. The largest absolute Gasteiger partial charge is 0.390 e. The Morgan fingerprint density at radius 2 is 2.20 bits per heavy atom. The maximum atomic E-state index is 10.5. The summed E-state index contributed by atoms with van der Waals surface area (Å²) in [7, 11) is 0. The third-order valence-corrected chi connectivity index (χ3v) is 4.22. The summed E-state index contributed by atoms with van der Waals surface area (Å²) in [6.45, 7) is 4.63. The highest BCUT2D eigenvalue weighted by molar-refractivity contribution is 4.94. The molecule has 0 radical (unpaired) electrons. The van der Waals surface area contributed by atoms with Gasteiger partial charge in [-0.1, -0.05) is 26.2 Å². The molecular formula is C13H25NO. The number of rotatable bonds is 4. The second-order valence-corrected chi connectivity index (χ2v) is 5.47. The smallest absolute Gasteiger partial charge is 0.0674 e. The van der Waals surface area contributed by atoms with Crippen molar-refractivity contribution in [2.24, 2.45) is 0 Å². The van der Waals surface area contributed by atoms with E-state index in [9.17, 15) is 5.11 Å². The van der Waals surface area contributed by atoms with Crippen molar-refractivity contribution in [3.63, 3.8) is 0 Å². The molecule has 0 aliphatic carbocycles. The first-order chi connectivity index (χ1) is 7.23. The van der Waals surface area contributed by atoms with E-state index < -0.39 is 0 Å². The third kappa shape index (κ3) is 2.73. The number of hydrogen-bond acceptors (Lipinski definition) is 2. The van der Waals surface area contributed by atoms with E-state index in [0.717, 1.165) is 25.8 Å². The normalized spacial score (nSPS) is 36.8. The third-order valence-electron chi connectivity index (χ3n) is 4.22. The number of aliphatic hydroxyl groups is 1. The van der Waals surface area contributed by atoms with Gasteiger partial charge in [0.1, 0.15) is 0 Å². The van der Waals surface area contributed by atoms with E-state index in [2.05, 4.69) is 11.8 Å². The summed E-state index contributed by atoms with van der Waals surface area (Å²) in [5.74, 6) is 0. The van der Waals surface area contributed by atoms with Gasteiger partial charge in [-0.25, -0.2) is 0 Å². The predicted molar refractivity (Wildman–Crippen MR) is 62.9 cm³/mol. The van der Waals surface area contributed by atoms with Crippen LogP contribution in [0.3, 0.4) is 0 Å². The fourth-order valence-electron chi connectivity index (χ4n) is 3.24. The van der Waals surface area contributed by atoms with Gasteiger partial charge in [0.2, 0.25) is 0 Å². The summed E-state index contributed by atoms with van der Waals surface area (Å²) in [6.07, 6.45) is 9.48. The lowest BCUT2D eigenvalue weighted by Crippen LogP contribution is -2.47. The number of piperidine rings is 1. The zero-order valence-corrected chi connectivity index (χ0v) is 10.0. The van der Waals surface area contributed by atoms with E-state index in [1.807, 2.05) is 0 Å². The van der Waals surface area contributed by atoms with Crippen LogP contribution in [0.4, 0.5) is 0 Å². The van der Waals surface area contributed by atoms with Gasteiger partial charge in [0, 0.05) is 12.6 Å². The molecule has 2 atom stereocenters. The van der Waals surface area contributed by atoms with Crippen LogP contribution >= 0.6 is 0 Å². The minimum atomic E-state index is -0.319. The van der Waals surface area contributed by atoms with Crippen molar-refractivity contribution in [1.82, 2.24) is 4.90 Å². The first-order valence-electron chi connectivity index (χ1n) is 6.70. The molecule has 0 amide bonds. The molecule has 0 bridgehead atoms. The molecule has 2 aliphatic rings. The maximum absolute atomic E-state index is 10.5. The van der Waals surface area contributed by atoms with Gasteiger partial charge in [0.15, 0.2) is 0 Å². The van der Waals surface area contributed by atoms with E-state index >= 15 is 0 Å².